The van der Waals surface area contributed by atoms with Crippen LogP contribution in [-0.4, -0.2) is 82.9 Å². The Balaban J connectivity index is 1.19. The number of nitrogens with one attached hydrogen (secondary N) is 1. The van der Waals surface area contributed by atoms with Crippen molar-refractivity contribution in [2.45, 2.75) is 51.7 Å². The highest BCUT2D eigenvalue weighted by atomic mass is 16.6. The van der Waals surface area contributed by atoms with Crippen LogP contribution in [0.15, 0.2) is 30.3 Å². The SMILES string of the molecule is CC(C)(C)OC(=O)N1CC(CN2CCC(Nc3ccc4cc(OCCC(=O)O)ccc4n3)CC2)C1. The van der Waals surface area contributed by atoms with E-state index in [0.29, 0.717) is 17.7 Å². The zero-order valence-corrected chi connectivity index (χ0v) is 20.8. The van der Waals surface area contributed by atoms with E-state index in [1.165, 1.54) is 0 Å². The van der Waals surface area contributed by atoms with Gasteiger partial charge < -0.3 is 29.7 Å². The third kappa shape index (κ3) is 7.21. The van der Waals surface area contributed by atoms with Gasteiger partial charge in [0.1, 0.15) is 17.2 Å². The van der Waals surface area contributed by atoms with E-state index < -0.39 is 11.6 Å². The molecule has 0 radical (unpaired) electrons. The number of aliphatic carboxylic acids is 1. The number of carbonyl (C=O) groups is 2. The number of ether oxygens (including phenoxy) is 2. The molecule has 0 atom stereocenters. The lowest BCUT2D eigenvalue weighted by molar-refractivity contribution is -0.137. The fourth-order valence-electron chi connectivity index (χ4n) is 4.53. The number of amides is 1. The molecule has 4 rings (SSSR count). The Morgan fingerprint density at radius 2 is 1.89 bits per heavy atom. The molecule has 1 aromatic heterocycles. The highest BCUT2D eigenvalue weighted by molar-refractivity contribution is 5.81. The van der Waals surface area contributed by atoms with Gasteiger partial charge in [-0.15, -0.1) is 0 Å². The van der Waals surface area contributed by atoms with E-state index in [1.807, 2.05) is 51.1 Å². The number of hydrogen-bond donors (Lipinski definition) is 2. The Labute approximate surface area is 206 Å². The van der Waals surface area contributed by atoms with Crippen molar-refractivity contribution >= 4 is 28.8 Å². The molecule has 1 aromatic carbocycles. The summed E-state index contributed by atoms with van der Waals surface area (Å²) in [6, 6.07) is 9.99. The first-order valence-electron chi connectivity index (χ1n) is 12.4. The topological polar surface area (TPSA) is 104 Å². The van der Waals surface area contributed by atoms with Gasteiger partial charge in [-0.2, -0.15) is 0 Å². The standard InChI is InChI=1S/C26H36N4O5/c1-26(2,3)35-25(33)30-16-18(17-30)15-29-11-8-20(9-12-29)27-23-7-4-19-14-21(5-6-22(19)28-23)34-13-10-24(31)32/h4-7,14,18,20H,8-13,15-17H2,1-3H3,(H,27,28)(H,31,32). The Morgan fingerprint density at radius 3 is 2.57 bits per heavy atom. The second-order valence-corrected chi connectivity index (χ2v) is 10.5. The number of aromatic nitrogens is 1. The predicted molar refractivity (Wildman–Crippen MR) is 134 cm³/mol. The summed E-state index contributed by atoms with van der Waals surface area (Å²) in [6.07, 6.45) is 1.88. The summed E-state index contributed by atoms with van der Waals surface area (Å²) >= 11 is 0. The number of benzene rings is 1. The molecule has 2 fully saturated rings. The summed E-state index contributed by atoms with van der Waals surface area (Å²) in [6.45, 7) is 10.5. The first-order valence-corrected chi connectivity index (χ1v) is 12.4. The van der Waals surface area contributed by atoms with Crippen molar-refractivity contribution in [1.29, 1.82) is 0 Å². The lowest BCUT2D eigenvalue weighted by atomic mass is 9.97. The van der Waals surface area contributed by atoms with Gasteiger partial charge in [0.2, 0.25) is 0 Å². The van der Waals surface area contributed by atoms with Crippen LogP contribution in [0.1, 0.15) is 40.0 Å². The molecule has 0 unspecified atom stereocenters. The van der Waals surface area contributed by atoms with Crippen LogP contribution in [0.3, 0.4) is 0 Å². The minimum absolute atomic E-state index is 0.0247. The molecular formula is C26H36N4O5. The largest absolute Gasteiger partial charge is 0.493 e. The van der Waals surface area contributed by atoms with Crippen LogP contribution in [0.5, 0.6) is 5.75 Å². The van der Waals surface area contributed by atoms with Crippen molar-refractivity contribution in [2.24, 2.45) is 5.92 Å². The molecule has 3 heterocycles. The molecule has 35 heavy (non-hydrogen) atoms. The first-order chi connectivity index (χ1) is 16.6. The molecule has 9 heteroatoms. The molecule has 9 nitrogen and oxygen atoms in total. The Bertz CT molecular complexity index is 1040. The fourth-order valence-corrected chi connectivity index (χ4v) is 4.53. The third-order valence-corrected chi connectivity index (χ3v) is 6.31. The monoisotopic (exact) mass is 484 g/mol. The summed E-state index contributed by atoms with van der Waals surface area (Å²) in [7, 11) is 0. The molecule has 1 amide bonds. The fraction of sp³-hybridized carbons (Fsp3) is 0.577. The highest BCUT2D eigenvalue weighted by Crippen LogP contribution is 2.25. The molecule has 2 N–H and O–H groups in total. The van der Waals surface area contributed by atoms with Gasteiger partial charge in [0, 0.05) is 50.1 Å². The van der Waals surface area contributed by atoms with E-state index in [0.717, 1.165) is 62.3 Å². The Kier molecular flexibility index (Phi) is 7.64. The molecule has 0 aliphatic carbocycles. The van der Waals surface area contributed by atoms with Crippen molar-refractivity contribution < 1.29 is 24.2 Å². The van der Waals surface area contributed by atoms with Gasteiger partial charge in [-0.1, -0.05) is 0 Å². The predicted octanol–water partition coefficient (Wildman–Crippen LogP) is 3.83. The maximum atomic E-state index is 12.1. The average molecular weight is 485 g/mol. The van der Waals surface area contributed by atoms with Crippen LogP contribution in [0.2, 0.25) is 0 Å². The van der Waals surface area contributed by atoms with Gasteiger partial charge in [0.05, 0.1) is 18.5 Å². The number of likely N-dealkylation sites (tertiary alicyclic amines) is 2. The van der Waals surface area contributed by atoms with E-state index in [2.05, 4.69) is 10.2 Å². The molecular weight excluding hydrogens is 448 g/mol. The number of anilines is 1. The van der Waals surface area contributed by atoms with Crippen molar-refractivity contribution in [1.82, 2.24) is 14.8 Å². The number of pyridine rings is 1. The van der Waals surface area contributed by atoms with Crippen LogP contribution >= 0.6 is 0 Å². The normalized spacial score (nSPS) is 17.7. The molecule has 2 aliphatic rings. The first kappa shape index (κ1) is 25.0. The zero-order chi connectivity index (χ0) is 25.0. The molecule has 0 spiro atoms. The smallest absolute Gasteiger partial charge is 0.410 e. The van der Waals surface area contributed by atoms with Crippen LogP contribution in [0, 0.1) is 5.92 Å². The maximum absolute atomic E-state index is 12.1. The summed E-state index contributed by atoms with van der Waals surface area (Å²) in [5, 5.41) is 13.3. The molecule has 2 saturated heterocycles. The summed E-state index contributed by atoms with van der Waals surface area (Å²) in [4.78, 5) is 31.8. The molecule has 0 saturated carbocycles. The number of carbonyl (C=O) groups excluding carboxylic acids is 1. The average Bonchev–Trinajstić information content (AvgIpc) is 2.75. The second kappa shape index (κ2) is 10.7. The van der Waals surface area contributed by atoms with Crippen LogP contribution in [-0.2, 0) is 9.53 Å². The van der Waals surface area contributed by atoms with Gasteiger partial charge in [-0.3, -0.25) is 4.79 Å². The molecule has 2 aromatic rings. The maximum Gasteiger partial charge on any atom is 0.410 e. The van der Waals surface area contributed by atoms with Crippen LogP contribution in [0.4, 0.5) is 10.6 Å². The molecule has 2 aliphatic heterocycles. The number of carboxylic acids is 1. The van der Waals surface area contributed by atoms with Gasteiger partial charge in [-0.05, 0) is 63.9 Å². The number of carboxylic acid groups (broad SMARTS) is 1. The molecule has 190 valence electrons. The third-order valence-electron chi connectivity index (χ3n) is 6.31. The minimum atomic E-state index is -0.873. The van der Waals surface area contributed by atoms with E-state index in [-0.39, 0.29) is 19.1 Å². The lowest BCUT2D eigenvalue weighted by Crippen LogP contribution is -2.55. The Hall–Kier alpha value is -3.07. The van der Waals surface area contributed by atoms with Crippen LogP contribution < -0.4 is 10.1 Å². The van der Waals surface area contributed by atoms with E-state index in [4.69, 9.17) is 19.6 Å². The highest BCUT2D eigenvalue weighted by Gasteiger charge is 2.35. The number of fused-ring (bicyclic) bond motifs is 1. The van der Waals surface area contributed by atoms with E-state index in [1.54, 1.807) is 4.90 Å². The van der Waals surface area contributed by atoms with Crippen molar-refractivity contribution in [3.8, 4) is 5.75 Å². The Morgan fingerprint density at radius 1 is 1.14 bits per heavy atom. The second-order valence-electron chi connectivity index (χ2n) is 10.5. The molecule has 0 bridgehead atoms. The van der Waals surface area contributed by atoms with Crippen molar-refractivity contribution in [3.63, 3.8) is 0 Å². The lowest BCUT2D eigenvalue weighted by Gasteiger charge is -2.43. The number of piperidine rings is 1. The minimum Gasteiger partial charge on any atom is -0.493 e. The summed E-state index contributed by atoms with van der Waals surface area (Å²) in [5.41, 5.74) is 0.426. The van der Waals surface area contributed by atoms with Crippen molar-refractivity contribution in [2.75, 3.05) is 44.6 Å². The summed E-state index contributed by atoms with van der Waals surface area (Å²) < 4.78 is 10.9. The van der Waals surface area contributed by atoms with E-state index >= 15 is 0 Å². The zero-order valence-electron chi connectivity index (χ0n) is 20.8. The quantitative estimate of drug-likeness (QED) is 0.583. The van der Waals surface area contributed by atoms with Gasteiger partial charge in [-0.25, -0.2) is 9.78 Å². The summed E-state index contributed by atoms with van der Waals surface area (Å²) in [5.74, 6) is 1.16. The van der Waals surface area contributed by atoms with Gasteiger partial charge in [0.25, 0.3) is 0 Å². The van der Waals surface area contributed by atoms with Gasteiger partial charge in [0.15, 0.2) is 0 Å². The number of nitrogens with zero attached hydrogens (tertiary/aromatic N) is 3. The van der Waals surface area contributed by atoms with E-state index in [9.17, 15) is 9.59 Å². The number of rotatable bonds is 8. The number of hydrogen-bond acceptors (Lipinski definition) is 7. The van der Waals surface area contributed by atoms with Crippen LogP contribution in [0.25, 0.3) is 10.9 Å². The van der Waals surface area contributed by atoms with Crippen molar-refractivity contribution in [3.05, 3.63) is 30.3 Å². The van der Waals surface area contributed by atoms with Gasteiger partial charge >= 0.3 is 12.1 Å².